The number of rotatable bonds is 5. The van der Waals surface area contributed by atoms with Gasteiger partial charge in [-0.2, -0.15) is 0 Å². The maximum atomic E-state index is 11.5. The zero-order valence-electron chi connectivity index (χ0n) is 11.3. The van der Waals surface area contributed by atoms with E-state index < -0.39 is 15.9 Å². The number of primary amides is 1. The molecule has 0 saturated heterocycles. The third kappa shape index (κ3) is 2.60. The summed E-state index contributed by atoms with van der Waals surface area (Å²) in [4.78, 5) is 15.6. The zero-order chi connectivity index (χ0) is 14.9. The highest BCUT2D eigenvalue weighted by Crippen LogP contribution is 2.23. The van der Waals surface area contributed by atoms with Crippen molar-refractivity contribution in [3.8, 4) is 0 Å². The lowest BCUT2D eigenvalue weighted by Gasteiger charge is -2.06. The molecule has 0 fully saturated rings. The first-order chi connectivity index (χ1) is 9.38. The summed E-state index contributed by atoms with van der Waals surface area (Å²) < 4.78 is 27.3. The highest BCUT2D eigenvalue weighted by Gasteiger charge is 2.15. The summed E-state index contributed by atoms with van der Waals surface area (Å²) in [5, 5.41) is 0.538. The molecule has 8 heteroatoms. The van der Waals surface area contributed by atoms with Crippen LogP contribution >= 0.6 is 0 Å². The van der Waals surface area contributed by atoms with Gasteiger partial charge in [0, 0.05) is 18.1 Å². The third-order valence-corrected chi connectivity index (χ3v) is 4.28. The highest BCUT2D eigenvalue weighted by molar-refractivity contribution is 7.92. The van der Waals surface area contributed by atoms with Gasteiger partial charge in [0.15, 0.2) is 0 Å². The smallest absolute Gasteiger partial charge is 0.250 e. The van der Waals surface area contributed by atoms with E-state index >= 15 is 0 Å². The van der Waals surface area contributed by atoms with E-state index in [9.17, 15) is 13.2 Å². The molecule has 0 aliphatic carbocycles. The van der Waals surface area contributed by atoms with Crippen LogP contribution in [-0.4, -0.2) is 29.6 Å². The van der Waals surface area contributed by atoms with E-state index in [0.717, 1.165) is 0 Å². The second-order valence-electron chi connectivity index (χ2n) is 4.29. The second kappa shape index (κ2) is 5.12. The number of amides is 1. The molecule has 0 bridgehead atoms. The summed E-state index contributed by atoms with van der Waals surface area (Å²) in [5.41, 5.74) is 6.57. The van der Waals surface area contributed by atoms with Crippen molar-refractivity contribution >= 4 is 32.7 Å². The molecule has 0 spiro atoms. The average Bonchev–Trinajstić information content (AvgIpc) is 2.76. The first kappa shape index (κ1) is 14.3. The molecule has 0 unspecified atom stereocenters. The lowest BCUT2D eigenvalue weighted by atomic mass is 10.2. The summed E-state index contributed by atoms with van der Waals surface area (Å²) in [5.74, 6) is -0.608. The Kier molecular flexibility index (Phi) is 3.67. The molecule has 0 radical (unpaired) electrons. The van der Waals surface area contributed by atoms with Crippen LogP contribution in [0, 0.1) is 0 Å². The number of sulfonamides is 1. The topological polar surface area (TPSA) is 107 Å². The van der Waals surface area contributed by atoms with Crippen LogP contribution in [0.5, 0.6) is 0 Å². The van der Waals surface area contributed by atoms with Crippen molar-refractivity contribution < 1.29 is 13.2 Å². The lowest BCUT2D eigenvalue weighted by molar-refractivity contribution is 0.100. The Balaban J connectivity index is 2.58. The zero-order valence-corrected chi connectivity index (χ0v) is 12.1. The standard InChI is InChI=1S/C12H16N4O3S/c1-3-16-7-10(11(13)17)9-5-8(6-14-12(9)16)15-20(18,19)4-2/h5-7,15H,3-4H2,1-2H3,(H2,13,17). The first-order valence-electron chi connectivity index (χ1n) is 6.17. The van der Waals surface area contributed by atoms with E-state index in [1.807, 2.05) is 6.92 Å². The minimum absolute atomic E-state index is 0.0380. The predicted octanol–water partition coefficient (Wildman–Crippen LogP) is 0.917. The summed E-state index contributed by atoms with van der Waals surface area (Å²) >= 11 is 0. The fraction of sp³-hybridized carbons (Fsp3) is 0.333. The van der Waals surface area contributed by atoms with Gasteiger partial charge in [0.05, 0.1) is 23.2 Å². The van der Waals surface area contributed by atoms with Crippen LogP contribution in [0.4, 0.5) is 5.69 Å². The number of anilines is 1. The lowest BCUT2D eigenvalue weighted by Crippen LogP contribution is -2.15. The monoisotopic (exact) mass is 296 g/mol. The molecule has 7 nitrogen and oxygen atoms in total. The minimum Gasteiger partial charge on any atom is -0.366 e. The normalized spacial score (nSPS) is 11.7. The molecule has 0 aliphatic heterocycles. The van der Waals surface area contributed by atoms with Crippen LogP contribution in [0.1, 0.15) is 24.2 Å². The van der Waals surface area contributed by atoms with Gasteiger partial charge < -0.3 is 10.3 Å². The summed E-state index contributed by atoms with van der Waals surface area (Å²) in [6.07, 6.45) is 3.05. The molecule has 1 amide bonds. The van der Waals surface area contributed by atoms with Gasteiger partial charge in [0.2, 0.25) is 10.0 Å². The van der Waals surface area contributed by atoms with Crippen molar-refractivity contribution in [2.24, 2.45) is 5.73 Å². The number of carbonyl (C=O) groups excluding carboxylic acids is 1. The Morgan fingerprint density at radius 1 is 1.45 bits per heavy atom. The van der Waals surface area contributed by atoms with Crippen LogP contribution in [0.25, 0.3) is 11.0 Å². The SMILES string of the molecule is CCn1cc(C(N)=O)c2cc(NS(=O)(=O)CC)cnc21. The number of fused-ring (bicyclic) bond motifs is 1. The van der Waals surface area contributed by atoms with Gasteiger partial charge in [0.25, 0.3) is 5.91 Å². The van der Waals surface area contributed by atoms with Gasteiger partial charge in [-0.25, -0.2) is 13.4 Å². The van der Waals surface area contributed by atoms with Crippen molar-refractivity contribution in [3.05, 3.63) is 24.0 Å². The van der Waals surface area contributed by atoms with Crippen LogP contribution in [0.3, 0.4) is 0 Å². The number of nitrogens with zero attached hydrogens (tertiary/aromatic N) is 2. The molecular weight excluding hydrogens is 280 g/mol. The Morgan fingerprint density at radius 2 is 2.15 bits per heavy atom. The molecule has 2 aromatic rings. The molecule has 0 aromatic carbocycles. The number of nitrogens with two attached hydrogens (primary N) is 1. The molecule has 0 atom stereocenters. The number of hydrogen-bond acceptors (Lipinski definition) is 4. The Morgan fingerprint density at radius 3 is 2.70 bits per heavy atom. The van der Waals surface area contributed by atoms with E-state index in [0.29, 0.717) is 28.8 Å². The van der Waals surface area contributed by atoms with Crippen molar-refractivity contribution in [1.82, 2.24) is 9.55 Å². The molecule has 3 N–H and O–H groups in total. The average molecular weight is 296 g/mol. The maximum Gasteiger partial charge on any atom is 0.250 e. The molecule has 2 aromatic heterocycles. The predicted molar refractivity (Wildman–Crippen MR) is 77.0 cm³/mol. The van der Waals surface area contributed by atoms with Gasteiger partial charge in [-0.3, -0.25) is 9.52 Å². The first-order valence-corrected chi connectivity index (χ1v) is 7.82. The number of carbonyl (C=O) groups is 1. The van der Waals surface area contributed by atoms with E-state index in [1.54, 1.807) is 16.8 Å². The Hall–Kier alpha value is -2.09. The van der Waals surface area contributed by atoms with E-state index in [-0.39, 0.29) is 5.75 Å². The van der Waals surface area contributed by atoms with Crippen molar-refractivity contribution in [2.45, 2.75) is 20.4 Å². The number of aryl methyl sites for hydroxylation is 1. The summed E-state index contributed by atoms with van der Waals surface area (Å²) in [6, 6.07) is 1.57. The summed E-state index contributed by atoms with van der Waals surface area (Å²) in [7, 11) is -3.39. The van der Waals surface area contributed by atoms with Gasteiger partial charge in [-0.15, -0.1) is 0 Å². The molecule has 0 aliphatic rings. The van der Waals surface area contributed by atoms with Gasteiger partial charge in [0.1, 0.15) is 5.65 Å². The summed E-state index contributed by atoms with van der Waals surface area (Å²) in [6.45, 7) is 4.09. The molecule has 2 heterocycles. The molecule has 0 saturated carbocycles. The number of hydrogen-bond donors (Lipinski definition) is 2. The van der Waals surface area contributed by atoms with Gasteiger partial charge in [-0.1, -0.05) is 0 Å². The molecule has 108 valence electrons. The fourth-order valence-electron chi connectivity index (χ4n) is 1.92. The number of aromatic nitrogens is 2. The Labute approximate surface area is 116 Å². The highest BCUT2D eigenvalue weighted by atomic mass is 32.2. The van der Waals surface area contributed by atoms with E-state index in [4.69, 9.17) is 5.73 Å². The Bertz CT molecular complexity index is 764. The van der Waals surface area contributed by atoms with Gasteiger partial charge >= 0.3 is 0 Å². The maximum absolute atomic E-state index is 11.5. The molecular formula is C12H16N4O3S. The largest absolute Gasteiger partial charge is 0.366 e. The quantitative estimate of drug-likeness (QED) is 0.855. The van der Waals surface area contributed by atoms with Crippen LogP contribution in [-0.2, 0) is 16.6 Å². The second-order valence-corrected chi connectivity index (χ2v) is 6.30. The van der Waals surface area contributed by atoms with Crippen molar-refractivity contribution in [3.63, 3.8) is 0 Å². The van der Waals surface area contributed by atoms with Crippen LogP contribution < -0.4 is 10.5 Å². The molecule has 2 rings (SSSR count). The van der Waals surface area contributed by atoms with Crippen molar-refractivity contribution in [2.75, 3.05) is 10.5 Å². The molecule has 20 heavy (non-hydrogen) atoms. The van der Waals surface area contributed by atoms with Crippen LogP contribution in [0.2, 0.25) is 0 Å². The third-order valence-electron chi connectivity index (χ3n) is 2.97. The van der Waals surface area contributed by atoms with Crippen LogP contribution in [0.15, 0.2) is 18.5 Å². The number of pyridine rings is 1. The van der Waals surface area contributed by atoms with E-state index in [2.05, 4.69) is 9.71 Å². The van der Waals surface area contributed by atoms with Gasteiger partial charge in [-0.05, 0) is 19.9 Å². The fourth-order valence-corrected chi connectivity index (χ4v) is 2.53. The number of nitrogens with one attached hydrogen (secondary N) is 1. The minimum atomic E-state index is -3.39. The van der Waals surface area contributed by atoms with E-state index in [1.165, 1.54) is 13.1 Å². The van der Waals surface area contributed by atoms with Crippen molar-refractivity contribution in [1.29, 1.82) is 0 Å².